The molecular formula is C15H15NS. The summed E-state index contributed by atoms with van der Waals surface area (Å²) in [5.74, 6) is 0. The Hall–Kier alpha value is -1.67. The molecule has 0 aliphatic heterocycles. The molecule has 17 heavy (non-hydrogen) atoms. The highest BCUT2D eigenvalue weighted by Gasteiger charge is 1.99. The molecule has 2 rings (SSSR count). The van der Waals surface area contributed by atoms with Gasteiger partial charge in [-0.1, -0.05) is 36.4 Å². The van der Waals surface area contributed by atoms with Crippen molar-refractivity contribution in [1.82, 2.24) is 0 Å². The molecule has 0 amide bonds. The fraction of sp³-hybridized carbons (Fsp3) is 0.0667. The standard InChI is InChI=1S/C15H15NS/c1-11-5-3-6-13(9-11)12(2)16-14-7-4-8-15(17)10-14/h3-10,16-17H,2H2,1H3. The van der Waals surface area contributed by atoms with Gasteiger partial charge in [-0.2, -0.15) is 0 Å². The lowest BCUT2D eigenvalue weighted by Crippen LogP contribution is -1.97. The van der Waals surface area contributed by atoms with Gasteiger partial charge in [-0.3, -0.25) is 0 Å². The van der Waals surface area contributed by atoms with Crippen LogP contribution in [0.2, 0.25) is 0 Å². The lowest BCUT2D eigenvalue weighted by molar-refractivity contribution is 1.42. The molecule has 0 unspecified atom stereocenters. The molecule has 0 spiro atoms. The Morgan fingerprint density at radius 2 is 1.88 bits per heavy atom. The average molecular weight is 241 g/mol. The van der Waals surface area contributed by atoms with E-state index in [4.69, 9.17) is 0 Å². The molecular weight excluding hydrogens is 226 g/mol. The van der Waals surface area contributed by atoms with Crippen LogP contribution in [0.1, 0.15) is 11.1 Å². The summed E-state index contributed by atoms with van der Waals surface area (Å²) in [6, 6.07) is 16.2. The molecule has 1 N–H and O–H groups in total. The maximum Gasteiger partial charge on any atom is 0.0395 e. The van der Waals surface area contributed by atoms with E-state index in [1.165, 1.54) is 5.56 Å². The van der Waals surface area contributed by atoms with E-state index in [2.05, 4.69) is 43.6 Å². The van der Waals surface area contributed by atoms with Gasteiger partial charge in [0.1, 0.15) is 0 Å². The van der Waals surface area contributed by atoms with Crippen LogP contribution in [-0.2, 0) is 0 Å². The molecule has 86 valence electrons. The second kappa shape index (κ2) is 5.11. The van der Waals surface area contributed by atoms with E-state index in [9.17, 15) is 0 Å². The third kappa shape index (κ3) is 3.14. The zero-order chi connectivity index (χ0) is 12.3. The molecule has 2 aromatic carbocycles. The van der Waals surface area contributed by atoms with Crippen LogP contribution < -0.4 is 5.32 Å². The Morgan fingerprint density at radius 3 is 2.59 bits per heavy atom. The summed E-state index contributed by atoms with van der Waals surface area (Å²) in [4.78, 5) is 0.937. The maximum atomic E-state index is 4.31. The predicted octanol–water partition coefficient (Wildman–Crippen LogP) is 4.37. The topological polar surface area (TPSA) is 12.0 Å². The largest absolute Gasteiger partial charge is 0.355 e. The van der Waals surface area contributed by atoms with Gasteiger partial charge in [-0.05, 0) is 36.8 Å². The van der Waals surface area contributed by atoms with Crippen LogP contribution in [0.3, 0.4) is 0 Å². The quantitative estimate of drug-likeness (QED) is 0.761. The molecule has 2 aromatic rings. The first-order chi connectivity index (χ1) is 8.15. The Kier molecular flexibility index (Phi) is 3.55. The molecule has 0 heterocycles. The molecule has 0 bridgehead atoms. The summed E-state index contributed by atoms with van der Waals surface area (Å²) >= 11 is 4.31. The first-order valence-electron chi connectivity index (χ1n) is 5.47. The summed E-state index contributed by atoms with van der Waals surface area (Å²) in [5, 5.41) is 3.28. The minimum absolute atomic E-state index is 0.896. The Morgan fingerprint density at radius 1 is 1.12 bits per heavy atom. The molecule has 0 fully saturated rings. The van der Waals surface area contributed by atoms with Crippen molar-refractivity contribution in [3.63, 3.8) is 0 Å². The summed E-state index contributed by atoms with van der Waals surface area (Å²) in [5.41, 5.74) is 4.24. The van der Waals surface area contributed by atoms with E-state index in [0.29, 0.717) is 0 Å². The van der Waals surface area contributed by atoms with Gasteiger partial charge in [0.2, 0.25) is 0 Å². The zero-order valence-electron chi connectivity index (χ0n) is 9.77. The Labute approximate surface area is 108 Å². The smallest absolute Gasteiger partial charge is 0.0395 e. The molecule has 2 heteroatoms. The molecule has 1 nitrogen and oxygen atoms in total. The third-order valence-corrected chi connectivity index (χ3v) is 2.79. The van der Waals surface area contributed by atoms with E-state index in [1.807, 2.05) is 36.4 Å². The van der Waals surface area contributed by atoms with Crippen LogP contribution in [0.5, 0.6) is 0 Å². The van der Waals surface area contributed by atoms with Gasteiger partial charge < -0.3 is 5.32 Å². The van der Waals surface area contributed by atoms with Gasteiger partial charge >= 0.3 is 0 Å². The second-order valence-electron chi connectivity index (χ2n) is 4.02. The van der Waals surface area contributed by atoms with Crippen molar-refractivity contribution >= 4 is 24.0 Å². The van der Waals surface area contributed by atoms with E-state index in [0.717, 1.165) is 21.8 Å². The van der Waals surface area contributed by atoms with E-state index < -0.39 is 0 Å². The Balaban J connectivity index is 2.17. The highest BCUT2D eigenvalue weighted by atomic mass is 32.1. The van der Waals surface area contributed by atoms with Crippen LogP contribution in [0, 0.1) is 6.92 Å². The third-order valence-electron chi connectivity index (χ3n) is 2.51. The van der Waals surface area contributed by atoms with Gasteiger partial charge in [-0.15, -0.1) is 12.6 Å². The summed E-state index contributed by atoms with van der Waals surface area (Å²) in [6.45, 7) is 6.13. The van der Waals surface area contributed by atoms with Crippen LogP contribution in [-0.4, -0.2) is 0 Å². The number of hydrogen-bond acceptors (Lipinski definition) is 2. The molecule has 0 atom stereocenters. The number of anilines is 1. The molecule has 0 saturated carbocycles. The monoisotopic (exact) mass is 241 g/mol. The van der Waals surface area contributed by atoms with E-state index in [1.54, 1.807) is 0 Å². The number of aryl methyl sites for hydroxylation is 1. The van der Waals surface area contributed by atoms with Crippen molar-refractivity contribution in [3.05, 3.63) is 66.2 Å². The summed E-state index contributed by atoms with van der Waals surface area (Å²) in [6.07, 6.45) is 0. The molecule has 0 aromatic heterocycles. The van der Waals surface area contributed by atoms with Crippen molar-refractivity contribution in [1.29, 1.82) is 0 Å². The SMILES string of the molecule is C=C(Nc1cccc(S)c1)c1cccc(C)c1. The van der Waals surface area contributed by atoms with E-state index in [-0.39, 0.29) is 0 Å². The van der Waals surface area contributed by atoms with Gasteiger partial charge in [0, 0.05) is 16.3 Å². The Bertz CT molecular complexity index is 546. The summed E-state index contributed by atoms with van der Waals surface area (Å²) in [7, 11) is 0. The van der Waals surface area contributed by atoms with Crippen molar-refractivity contribution < 1.29 is 0 Å². The van der Waals surface area contributed by atoms with Crippen LogP contribution in [0.4, 0.5) is 5.69 Å². The molecule has 0 radical (unpaired) electrons. The van der Waals surface area contributed by atoms with Gasteiger partial charge in [0.05, 0.1) is 0 Å². The van der Waals surface area contributed by atoms with Crippen molar-refractivity contribution in [2.45, 2.75) is 11.8 Å². The highest BCUT2D eigenvalue weighted by molar-refractivity contribution is 7.80. The van der Waals surface area contributed by atoms with Crippen LogP contribution in [0.15, 0.2) is 60.0 Å². The predicted molar refractivity (Wildman–Crippen MR) is 77.5 cm³/mol. The number of hydrogen-bond donors (Lipinski definition) is 2. The number of nitrogens with one attached hydrogen (secondary N) is 1. The lowest BCUT2D eigenvalue weighted by atomic mass is 10.1. The van der Waals surface area contributed by atoms with Crippen molar-refractivity contribution in [2.24, 2.45) is 0 Å². The van der Waals surface area contributed by atoms with Gasteiger partial charge in [-0.25, -0.2) is 0 Å². The first kappa shape index (κ1) is 11.8. The summed E-state index contributed by atoms with van der Waals surface area (Å²) < 4.78 is 0. The van der Waals surface area contributed by atoms with Crippen molar-refractivity contribution in [2.75, 3.05) is 5.32 Å². The number of thiol groups is 1. The zero-order valence-corrected chi connectivity index (χ0v) is 10.7. The lowest BCUT2D eigenvalue weighted by Gasteiger charge is -2.10. The molecule has 0 saturated heterocycles. The normalized spacial score (nSPS) is 10.0. The molecule has 0 aliphatic rings. The number of rotatable bonds is 3. The average Bonchev–Trinajstić information content (AvgIpc) is 2.29. The second-order valence-corrected chi connectivity index (χ2v) is 4.54. The minimum atomic E-state index is 0.896. The van der Waals surface area contributed by atoms with Gasteiger partial charge in [0.15, 0.2) is 0 Å². The van der Waals surface area contributed by atoms with Gasteiger partial charge in [0.25, 0.3) is 0 Å². The molecule has 0 aliphatic carbocycles. The van der Waals surface area contributed by atoms with Crippen molar-refractivity contribution in [3.8, 4) is 0 Å². The first-order valence-corrected chi connectivity index (χ1v) is 5.92. The van der Waals surface area contributed by atoms with Crippen LogP contribution in [0.25, 0.3) is 5.70 Å². The van der Waals surface area contributed by atoms with E-state index >= 15 is 0 Å². The fourth-order valence-electron chi connectivity index (χ4n) is 1.66. The highest BCUT2D eigenvalue weighted by Crippen LogP contribution is 2.20. The van der Waals surface area contributed by atoms with Crippen LogP contribution >= 0.6 is 12.6 Å². The fourth-order valence-corrected chi connectivity index (χ4v) is 1.89. The number of benzene rings is 2. The minimum Gasteiger partial charge on any atom is -0.355 e. The maximum absolute atomic E-state index is 4.31.